The molecule has 0 aliphatic heterocycles. The fourth-order valence-corrected chi connectivity index (χ4v) is 1.33. The Morgan fingerprint density at radius 2 is 2.15 bits per heavy atom. The molecule has 0 saturated carbocycles. The van der Waals surface area contributed by atoms with Crippen LogP contribution in [0.25, 0.3) is 0 Å². The summed E-state index contributed by atoms with van der Waals surface area (Å²) in [5.41, 5.74) is 6.38. The third-order valence-electron chi connectivity index (χ3n) is 2.32. The van der Waals surface area contributed by atoms with Gasteiger partial charge in [-0.15, -0.1) is 12.4 Å². The summed E-state index contributed by atoms with van der Waals surface area (Å²) in [6.07, 6.45) is -0.212. The van der Waals surface area contributed by atoms with Gasteiger partial charge >= 0.3 is 5.97 Å². The Kier molecular flexibility index (Phi) is 8.71. The molecular formula is C13H20ClNO5. The van der Waals surface area contributed by atoms with E-state index < -0.39 is 18.7 Å². The van der Waals surface area contributed by atoms with Gasteiger partial charge in [0.25, 0.3) is 0 Å². The molecule has 0 heterocycles. The van der Waals surface area contributed by atoms with Crippen LogP contribution in [-0.4, -0.2) is 42.1 Å². The summed E-state index contributed by atoms with van der Waals surface area (Å²) in [5.74, 6) is -0.0879. The maximum Gasteiger partial charge on any atom is 0.338 e. The Morgan fingerprint density at radius 1 is 1.45 bits per heavy atom. The van der Waals surface area contributed by atoms with Gasteiger partial charge in [-0.3, -0.25) is 0 Å². The van der Waals surface area contributed by atoms with E-state index in [1.807, 2.05) is 6.92 Å². The molecule has 0 saturated heterocycles. The van der Waals surface area contributed by atoms with Crippen LogP contribution in [0.1, 0.15) is 23.7 Å². The highest BCUT2D eigenvalue weighted by Crippen LogP contribution is 2.23. The van der Waals surface area contributed by atoms with Crippen molar-refractivity contribution in [1.82, 2.24) is 0 Å². The van der Waals surface area contributed by atoms with Gasteiger partial charge in [-0.05, 0) is 24.6 Å². The van der Waals surface area contributed by atoms with E-state index in [-0.39, 0.29) is 24.6 Å². The van der Waals surface area contributed by atoms with Crippen LogP contribution in [0.5, 0.6) is 5.75 Å². The number of aliphatic hydroxyl groups is 2. The second kappa shape index (κ2) is 9.41. The van der Waals surface area contributed by atoms with Crippen molar-refractivity contribution < 1.29 is 24.5 Å². The monoisotopic (exact) mass is 305 g/mol. The van der Waals surface area contributed by atoms with Crippen LogP contribution < -0.4 is 10.5 Å². The van der Waals surface area contributed by atoms with Crippen molar-refractivity contribution in [1.29, 1.82) is 0 Å². The van der Waals surface area contributed by atoms with E-state index in [0.29, 0.717) is 18.0 Å². The van der Waals surface area contributed by atoms with E-state index in [2.05, 4.69) is 0 Å². The van der Waals surface area contributed by atoms with Crippen molar-refractivity contribution in [3.63, 3.8) is 0 Å². The van der Waals surface area contributed by atoms with Crippen molar-refractivity contribution in [3.8, 4) is 5.75 Å². The van der Waals surface area contributed by atoms with Crippen molar-refractivity contribution in [2.24, 2.45) is 0 Å². The Morgan fingerprint density at radius 3 is 2.70 bits per heavy atom. The molecule has 0 aliphatic rings. The molecule has 7 heteroatoms. The largest absolute Gasteiger partial charge is 0.491 e. The SMILES string of the molecule is CCCOc1ccc(C(=O)OCC(O)CO)cc1N.Cl. The molecule has 6 nitrogen and oxygen atoms in total. The average molecular weight is 306 g/mol. The summed E-state index contributed by atoms with van der Waals surface area (Å²) in [7, 11) is 0. The van der Waals surface area contributed by atoms with Crippen LogP contribution in [-0.2, 0) is 4.74 Å². The number of hydrogen-bond acceptors (Lipinski definition) is 6. The van der Waals surface area contributed by atoms with Crippen molar-refractivity contribution in [2.45, 2.75) is 19.4 Å². The van der Waals surface area contributed by atoms with Gasteiger partial charge in [-0.2, -0.15) is 0 Å². The minimum absolute atomic E-state index is 0. The number of benzene rings is 1. The summed E-state index contributed by atoms with van der Waals surface area (Å²) in [6, 6.07) is 4.59. The van der Waals surface area contributed by atoms with Crippen LogP contribution >= 0.6 is 12.4 Å². The molecule has 1 aromatic carbocycles. The third-order valence-corrected chi connectivity index (χ3v) is 2.32. The lowest BCUT2D eigenvalue weighted by atomic mass is 10.2. The highest BCUT2D eigenvalue weighted by molar-refractivity contribution is 5.91. The first kappa shape index (κ1) is 18.5. The van der Waals surface area contributed by atoms with Crippen molar-refractivity contribution >= 4 is 24.1 Å². The molecule has 1 aromatic rings. The Balaban J connectivity index is 0.00000361. The molecule has 1 rings (SSSR count). The Bertz CT molecular complexity index is 427. The van der Waals surface area contributed by atoms with Crippen LogP contribution in [0.2, 0.25) is 0 Å². The van der Waals surface area contributed by atoms with Gasteiger partial charge in [0.15, 0.2) is 0 Å². The Hall–Kier alpha value is -1.50. The zero-order chi connectivity index (χ0) is 14.3. The zero-order valence-electron chi connectivity index (χ0n) is 11.2. The molecule has 0 aromatic heterocycles. The average Bonchev–Trinajstić information content (AvgIpc) is 2.42. The molecule has 0 aliphatic carbocycles. The summed E-state index contributed by atoms with van der Waals surface area (Å²) in [5, 5.41) is 17.7. The summed E-state index contributed by atoms with van der Waals surface area (Å²) in [4.78, 5) is 11.6. The van der Waals surface area contributed by atoms with Gasteiger partial charge in [-0.25, -0.2) is 4.79 Å². The maximum absolute atomic E-state index is 11.6. The number of anilines is 1. The second-order valence-corrected chi connectivity index (χ2v) is 4.04. The molecule has 0 amide bonds. The van der Waals surface area contributed by atoms with Gasteiger partial charge in [0.05, 0.1) is 24.5 Å². The molecule has 0 bridgehead atoms. The molecule has 1 atom stereocenters. The molecule has 20 heavy (non-hydrogen) atoms. The molecule has 0 fully saturated rings. The standard InChI is InChI=1S/C13H19NO5.ClH/c1-2-5-18-12-4-3-9(6-11(12)14)13(17)19-8-10(16)7-15;/h3-4,6,10,15-16H,2,5,7-8,14H2,1H3;1H. The Labute approximate surface area is 123 Å². The van der Waals surface area contributed by atoms with Crippen LogP contribution in [0, 0.1) is 0 Å². The molecule has 1 unspecified atom stereocenters. The first-order valence-corrected chi connectivity index (χ1v) is 6.06. The van der Waals surface area contributed by atoms with E-state index >= 15 is 0 Å². The van der Waals surface area contributed by atoms with Crippen LogP contribution in [0.3, 0.4) is 0 Å². The number of nitrogens with two attached hydrogens (primary N) is 1. The summed E-state index contributed by atoms with van der Waals surface area (Å²) in [6.45, 7) is 1.81. The van der Waals surface area contributed by atoms with E-state index in [1.54, 1.807) is 6.07 Å². The molecule has 0 radical (unpaired) electrons. The van der Waals surface area contributed by atoms with Crippen LogP contribution in [0.15, 0.2) is 18.2 Å². The topological polar surface area (TPSA) is 102 Å². The number of ether oxygens (including phenoxy) is 2. The fourth-order valence-electron chi connectivity index (χ4n) is 1.33. The number of hydrogen-bond donors (Lipinski definition) is 3. The van der Waals surface area contributed by atoms with E-state index in [1.165, 1.54) is 12.1 Å². The van der Waals surface area contributed by atoms with E-state index in [9.17, 15) is 4.79 Å². The highest BCUT2D eigenvalue weighted by Gasteiger charge is 2.12. The minimum Gasteiger partial charge on any atom is -0.491 e. The van der Waals surface area contributed by atoms with Gasteiger partial charge in [0.1, 0.15) is 18.5 Å². The van der Waals surface area contributed by atoms with E-state index in [0.717, 1.165) is 6.42 Å². The zero-order valence-corrected chi connectivity index (χ0v) is 12.1. The lowest BCUT2D eigenvalue weighted by Gasteiger charge is -2.11. The number of rotatable bonds is 7. The molecular weight excluding hydrogens is 286 g/mol. The molecule has 0 spiro atoms. The quantitative estimate of drug-likeness (QED) is 0.513. The highest BCUT2D eigenvalue weighted by atomic mass is 35.5. The summed E-state index contributed by atoms with van der Waals surface area (Å²) < 4.78 is 10.2. The predicted molar refractivity (Wildman–Crippen MR) is 77.3 cm³/mol. The van der Waals surface area contributed by atoms with Crippen molar-refractivity contribution in [2.75, 3.05) is 25.6 Å². The predicted octanol–water partition coefficient (Wildman–Crippen LogP) is 0.989. The minimum atomic E-state index is -1.08. The van der Waals surface area contributed by atoms with Crippen LogP contribution in [0.4, 0.5) is 5.69 Å². The number of esters is 1. The number of carbonyl (C=O) groups is 1. The second-order valence-electron chi connectivity index (χ2n) is 4.04. The normalized spacial score (nSPS) is 11.3. The van der Waals surface area contributed by atoms with Gasteiger partial charge < -0.3 is 25.4 Å². The number of halogens is 1. The smallest absolute Gasteiger partial charge is 0.338 e. The molecule has 4 N–H and O–H groups in total. The van der Waals surface area contributed by atoms with Gasteiger partial charge in [0.2, 0.25) is 0 Å². The number of nitrogen functional groups attached to an aromatic ring is 1. The lowest BCUT2D eigenvalue weighted by molar-refractivity contribution is 0.00933. The molecule has 114 valence electrons. The van der Waals surface area contributed by atoms with Gasteiger partial charge in [-0.1, -0.05) is 6.92 Å². The number of aliphatic hydroxyl groups excluding tert-OH is 2. The fraction of sp³-hybridized carbons (Fsp3) is 0.462. The first-order chi connectivity index (χ1) is 9.08. The maximum atomic E-state index is 11.6. The first-order valence-electron chi connectivity index (χ1n) is 6.06. The van der Waals surface area contributed by atoms with Crippen molar-refractivity contribution in [3.05, 3.63) is 23.8 Å². The lowest BCUT2D eigenvalue weighted by Crippen LogP contribution is -2.22. The van der Waals surface area contributed by atoms with Gasteiger partial charge in [0, 0.05) is 0 Å². The van der Waals surface area contributed by atoms with E-state index in [4.69, 9.17) is 25.4 Å². The third kappa shape index (κ3) is 5.64. The number of carbonyl (C=O) groups excluding carboxylic acids is 1. The summed E-state index contributed by atoms with van der Waals surface area (Å²) >= 11 is 0.